The SMILES string of the molecule is CCCNC(Cc1ccc(Cl)s1)c1ncc(C)cn1. The summed E-state index contributed by atoms with van der Waals surface area (Å²) in [5.74, 6) is 0.851. The Hall–Kier alpha value is -0.970. The second-order valence-corrected chi connectivity index (χ2v) is 6.33. The number of aryl methyl sites for hydroxylation is 1. The summed E-state index contributed by atoms with van der Waals surface area (Å²) in [7, 11) is 0. The average molecular weight is 296 g/mol. The van der Waals surface area contributed by atoms with Crippen LogP contribution >= 0.6 is 22.9 Å². The van der Waals surface area contributed by atoms with Gasteiger partial charge in [0.1, 0.15) is 5.82 Å². The fraction of sp³-hybridized carbons (Fsp3) is 0.429. The maximum atomic E-state index is 5.98. The molecule has 1 atom stereocenters. The molecular weight excluding hydrogens is 278 g/mol. The number of thiophene rings is 1. The lowest BCUT2D eigenvalue weighted by Crippen LogP contribution is -2.25. The fourth-order valence-electron chi connectivity index (χ4n) is 1.82. The highest BCUT2D eigenvalue weighted by atomic mass is 35.5. The molecule has 0 saturated carbocycles. The summed E-state index contributed by atoms with van der Waals surface area (Å²) in [5, 5.41) is 3.50. The molecule has 2 aromatic heterocycles. The summed E-state index contributed by atoms with van der Waals surface area (Å²) in [6.45, 7) is 5.11. The number of halogens is 1. The topological polar surface area (TPSA) is 37.8 Å². The van der Waals surface area contributed by atoms with Gasteiger partial charge in [-0.1, -0.05) is 18.5 Å². The summed E-state index contributed by atoms with van der Waals surface area (Å²) < 4.78 is 0.828. The molecule has 19 heavy (non-hydrogen) atoms. The first-order chi connectivity index (χ1) is 9.19. The Bertz CT molecular complexity index is 510. The van der Waals surface area contributed by atoms with Gasteiger partial charge in [-0.15, -0.1) is 11.3 Å². The molecule has 0 fully saturated rings. The zero-order valence-electron chi connectivity index (χ0n) is 11.2. The molecule has 0 aliphatic rings. The predicted molar refractivity (Wildman–Crippen MR) is 80.8 cm³/mol. The Morgan fingerprint density at radius 3 is 2.63 bits per heavy atom. The molecule has 0 bridgehead atoms. The van der Waals surface area contributed by atoms with Gasteiger partial charge in [-0.2, -0.15) is 0 Å². The lowest BCUT2D eigenvalue weighted by Gasteiger charge is -2.16. The highest BCUT2D eigenvalue weighted by Gasteiger charge is 2.15. The average Bonchev–Trinajstić information content (AvgIpc) is 2.81. The van der Waals surface area contributed by atoms with Crippen LogP contribution in [0.25, 0.3) is 0 Å². The van der Waals surface area contributed by atoms with Gasteiger partial charge in [0.15, 0.2) is 0 Å². The van der Waals surface area contributed by atoms with E-state index in [0.29, 0.717) is 0 Å². The van der Waals surface area contributed by atoms with Crippen molar-refractivity contribution in [2.45, 2.75) is 32.7 Å². The highest BCUT2D eigenvalue weighted by molar-refractivity contribution is 7.16. The molecule has 1 unspecified atom stereocenters. The molecule has 0 amide bonds. The highest BCUT2D eigenvalue weighted by Crippen LogP contribution is 2.25. The maximum Gasteiger partial charge on any atom is 0.145 e. The summed E-state index contributed by atoms with van der Waals surface area (Å²) in [4.78, 5) is 10.1. The lowest BCUT2D eigenvalue weighted by atomic mass is 10.1. The van der Waals surface area contributed by atoms with Crippen molar-refractivity contribution in [1.82, 2.24) is 15.3 Å². The summed E-state index contributed by atoms with van der Waals surface area (Å²) in [6.07, 6.45) is 5.70. The number of hydrogen-bond acceptors (Lipinski definition) is 4. The summed E-state index contributed by atoms with van der Waals surface area (Å²) in [6, 6.07) is 4.16. The van der Waals surface area contributed by atoms with Gasteiger partial charge in [0, 0.05) is 23.7 Å². The van der Waals surface area contributed by atoms with E-state index in [0.717, 1.165) is 35.1 Å². The van der Waals surface area contributed by atoms with Gasteiger partial charge in [0.05, 0.1) is 10.4 Å². The van der Waals surface area contributed by atoms with E-state index in [9.17, 15) is 0 Å². The number of rotatable bonds is 6. The van der Waals surface area contributed by atoms with Crippen molar-refractivity contribution < 1.29 is 0 Å². The van der Waals surface area contributed by atoms with Crippen LogP contribution in [0.1, 0.15) is 35.7 Å². The van der Waals surface area contributed by atoms with E-state index in [1.54, 1.807) is 11.3 Å². The van der Waals surface area contributed by atoms with E-state index in [4.69, 9.17) is 11.6 Å². The van der Waals surface area contributed by atoms with Crippen LogP contribution in [-0.2, 0) is 6.42 Å². The van der Waals surface area contributed by atoms with Crippen molar-refractivity contribution in [1.29, 1.82) is 0 Å². The van der Waals surface area contributed by atoms with Crippen LogP contribution in [0, 0.1) is 6.92 Å². The minimum atomic E-state index is 0.148. The molecular formula is C14H18ClN3S. The van der Waals surface area contributed by atoms with Crippen molar-refractivity contribution in [3.8, 4) is 0 Å². The van der Waals surface area contributed by atoms with Crippen LogP contribution in [-0.4, -0.2) is 16.5 Å². The third-order valence-corrected chi connectivity index (χ3v) is 4.04. The van der Waals surface area contributed by atoms with E-state index >= 15 is 0 Å². The molecule has 0 spiro atoms. The Morgan fingerprint density at radius 2 is 2.05 bits per heavy atom. The number of aromatic nitrogens is 2. The molecule has 5 heteroatoms. The molecule has 102 valence electrons. The first-order valence-electron chi connectivity index (χ1n) is 6.45. The molecule has 3 nitrogen and oxygen atoms in total. The predicted octanol–water partition coefficient (Wildman–Crippen LogP) is 3.78. The molecule has 1 N–H and O–H groups in total. The molecule has 0 aliphatic heterocycles. The molecule has 2 heterocycles. The Morgan fingerprint density at radius 1 is 1.32 bits per heavy atom. The Kier molecular flexibility index (Phi) is 5.31. The minimum absolute atomic E-state index is 0.148. The van der Waals surface area contributed by atoms with Crippen molar-refractivity contribution in [2.75, 3.05) is 6.54 Å². The van der Waals surface area contributed by atoms with Gasteiger partial charge < -0.3 is 5.32 Å². The second-order valence-electron chi connectivity index (χ2n) is 4.54. The van der Waals surface area contributed by atoms with Crippen LogP contribution in [0.5, 0.6) is 0 Å². The first kappa shape index (κ1) is 14.4. The number of nitrogens with zero attached hydrogens (tertiary/aromatic N) is 2. The molecule has 0 radical (unpaired) electrons. The van der Waals surface area contributed by atoms with Crippen molar-refractivity contribution in [2.24, 2.45) is 0 Å². The quantitative estimate of drug-likeness (QED) is 0.881. The van der Waals surface area contributed by atoms with Crippen LogP contribution in [0.3, 0.4) is 0 Å². The van der Waals surface area contributed by atoms with Gasteiger partial charge >= 0.3 is 0 Å². The van der Waals surface area contributed by atoms with Crippen LogP contribution in [0.2, 0.25) is 4.34 Å². The molecule has 2 rings (SSSR count). The zero-order valence-corrected chi connectivity index (χ0v) is 12.8. The van der Waals surface area contributed by atoms with Crippen molar-refractivity contribution >= 4 is 22.9 Å². The maximum absolute atomic E-state index is 5.98. The van der Waals surface area contributed by atoms with Crippen LogP contribution in [0.15, 0.2) is 24.5 Å². The van der Waals surface area contributed by atoms with Gasteiger partial charge in [-0.25, -0.2) is 9.97 Å². The van der Waals surface area contributed by atoms with Gasteiger partial charge in [0.25, 0.3) is 0 Å². The summed E-state index contributed by atoms with van der Waals surface area (Å²) in [5.41, 5.74) is 1.08. The summed E-state index contributed by atoms with van der Waals surface area (Å²) >= 11 is 7.60. The van der Waals surface area contributed by atoms with Crippen LogP contribution < -0.4 is 5.32 Å². The molecule has 0 saturated heterocycles. The third-order valence-electron chi connectivity index (χ3n) is 2.79. The standard InChI is InChI=1S/C14H18ClN3S/c1-3-6-16-12(7-11-4-5-13(15)19-11)14-17-8-10(2)9-18-14/h4-5,8-9,12,16H,3,6-7H2,1-2H3. The van der Waals surface area contributed by atoms with Crippen molar-refractivity contribution in [3.05, 3.63) is 45.1 Å². The van der Waals surface area contributed by atoms with E-state index in [2.05, 4.69) is 28.3 Å². The minimum Gasteiger partial charge on any atom is -0.307 e. The van der Waals surface area contributed by atoms with Gasteiger partial charge in [0.2, 0.25) is 0 Å². The first-order valence-corrected chi connectivity index (χ1v) is 7.64. The molecule has 0 aromatic carbocycles. The zero-order chi connectivity index (χ0) is 13.7. The Balaban J connectivity index is 2.13. The number of nitrogens with one attached hydrogen (secondary N) is 1. The smallest absolute Gasteiger partial charge is 0.145 e. The van der Waals surface area contributed by atoms with Gasteiger partial charge in [-0.05, 0) is 37.6 Å². The molecule has 0 aliphatic carbocycles. The second kappa shape index (κ2) is 6.98. The Labute approximate surface area is 123 Å². The van der Waals surface area contributed by atoms with Crippen LogP contribution in [0.4, 0.5) is 0 Å². The lowest BCUT2D eigenvalue weighted by molar-refractivity contribution is 0.507. The normalized spacial score (nSPS) is 12.6. The number of hydrogen-bond donors (Lipinski definition) is 1. The third kappa shape index (κ3) is 4.27. The van der Waals surface area contributed by atoms with E-state index < -0.39 is 0 Å². The largest absolute Gasteiger partial charge is 0.307 e. The van der Waals surface area contributed by atoms with Gasteiger partial charge in [-0.3, -0.25) is 0 Å². The van der Waals surface area contributed by atoms with E-state index in [1.807, 2.05) is 25.4 Å². The van der Waals surface area contributed by atoms with Crippen molar-refractivity contribution in [3.63, 3.8) is 0 Å². The van der Waals surface area contributed by atoms with E-state index in [-0.39, 0.29) is 6.04 Å². The molecule has 2 aromatic rings. The monoisotopic (exact) mass is 295 g/mol. The van der Waals surface area contributed by atoms with E-state index in [1.165, 1.54) is 4.88 Å². The fourth-order valence-corrected chi connectivity index (χ4v) is 2.95.